The van der Waals surface area contributed by atoms with E-state index in [1.807, 2.05) is 26.0 Å². The van der Waals surface area contributed by atoms with Crippen LogP contribution in [0.4, 0.5) is 0 Å². The molecule has 0 aliphatic rings. The zero-order chi connectivity index (χ0) is 15.4. The highest BCUT2D eigenvalue weighted by Crippen LogP contribution is 2.16. The van der Waals surface area contributed by atoms with Crippen LogP contribution in [0.25, 0.3) is 0 Å². The quantitative estimate of drug-likeness (QED) is 0.622. The minimum absolute atomic E-state index is 0.281. The maximum atomic E-state index is 10.8. The van der Waals surface area contributed by atoms with Gasteiger partial charge in [-0.25, -0.2) is 0 Å². The summed E-state index contributed by atoms with van der Waals surface area (Å²) >= 11 is 0. The van der Waals surface area contributed by atoms with Gasteiger partial charge in [0.25, 0.3) is 0 Å². The molecule has 114 valence electrons. The van der Waals surface area contributed by atoms with Gasteiger partial charge in [-0.3, -0.25) is 0 Å². The molecule has 0 saturated heterocycles. The zero-order valence-corrected chi connectivity index (χ0v) is 13.7. The second-order valence-corrected chi connectivity index (χ2v) is 5.26. The molecule has 1 aromatic rings. The number of benzene rings is 1. The third kappa shape index (κ3) is 9.60. The lowest BCUT2D eigenvalue weighted by atomic mass is 10.1. The molecule has 0 atom stereocenters. The average Bonchev–Trinajstić information content (AvgIpc) is 2.44. The molecule has 1 rings (SSSR count). The van der Waals surface area contributed by atoms with Crippen LogP contribution in [0, 0.1) is 5.92 Å². The van der Waals surface area contributed by atoms with Gasteiger partial charge in [0.1, 0.15) is 11.5 Å². The summed E-state index contributed by atoms with van der Waals surface area (Å²) < 4.78 is 5.70. The van der Waals surface area contributed by atoms with Gasteiger partial charge in [-0.2, -0.15) is 0 Å². The van der Waals surface area contributed by atoms with Gasteiger partial charge in [-0.05, 0) is 49.8 Å². The summed E-state index contributed by atoms with van der Waals surface area (Å²) in [5.41, 5.74) is 1.29. The van der Waals surface area contributed by atoms with Gasteiger partial charge in [0, 0.05) is 6.42 Å². The smallest absolute Gasteiger partial charge is 0.129 e. The number of carbonyl (C=O) groups is 1. The van der Waals surface area contributed by atoms with Crippen molar-refractivity contribution in [3.8, 4) is 5.75 Å². The summed E-state index contributed by atoms with van der Waals surface area (Å²) in [5, 5.41) is 0. The predicted octanol–water partition coefficient (Wildman–Crippen LogP) is 5.05. The first-order chi connectivity index (χ1) is 9.58. The van der Waals surface area contributed by atoms with E-state index < -0.39 is 0 Å². The lowest BCUT2D eigenvalue weighted by molar-refractivity contribution is -0.117. The third-order valence-electron chi connectivity index (χ3n) is 2.73. The number of hydrogen-bond donors (Lipinski definition) is 0. The summed E-state index contributed by atoms with van der Waals surface area (Å²) in [6.07, 6.45) is 3.76. The predicted molar refractivity (Wildman–Crippen MR) is 86.4 cm³/mol. The number of aryl methyl sites for hydroxylation is 1. The van der Waals surface area contributed by atoms with Crippen molar-refractivity contribution in [2.24, 2.45) is 5.92 Å². The first-order valence-corrected chi connectivity index (χ1v) is 7.79. The van der Waals surface area contributed by atoms with Crippen molar-refractivity contribution in [3.63, 3.8) is 0 Å². The summed E-state index contributed by atoms with van der Waals surface area (Å²) in [6, 6.07) is 8.27. The summed E-state index contributed by atoms with van der Waals surface area (Å²) in [5.74, 6) is 1.78. The molecule has 0 N–H and O–H groups in total. The van der Waals surface area contributed by atoms with Crippen LogP contribution < -0.4 is 4.74 Å². The highest BCUT2D eigenvalue weighted by atomic mass is 16.5. The Kier molecular flexibility index (Phi) is 10.8. The van der Waals surface area contributed by atoms with E-state index >= 15 is 0 Å². The molecule has 0 aromatic heterocycles. The molecule has 0 heterocycles. The van der Waals surface area contributed by atoms with Gasteiger partial charge in [0.15, 0.2) is 0 Å². The molecule has 0 spiro atoms. The molecule has 0 saturated carbocycles. The van der Waals surface area contributed by atoms with Crippen LogP contribution >= 0.6 is 0 Å². The van der Waals surface area contributed by atoms with Crippen LogP contribution in [0.15, 0.2) is 24.3 Å². The molecule has 20 heavy (non-hydrogen) atoms. The largest absolute Gasteiger partial charge is 0.493 e. The fraction of sp³-hybridized carbons (Fsp3) is 0.611. The van der Waals surface area contributed by atoms with E-state index in [1.54, 1.807) is 6.92 Å². The lowest BCUT2D eigenvalue weighted by Crippen LogP contribution is -2.04. The van der Waals surface area contributed by atoms with Gasteiger partial charge >= 0.3 is 0 Å². The zero-order valence-electron chi connectivity index (χ0n) is 13.7. The van der Waals surface area contributed by atoms with Gasteiger partial charge < -0.3 is 9.53 Å². The Bertz CT molecular complexity index is 369. The first-order valence-electron chi connectivity index (χ1n) is 7.79. The Hall–Kier alpha value is -1.31. The molecule has 1 aromatic carbocycles. The molecule has 2 nitrogen and oxygen atoms in total. The molecular weight excluding hydrogens is 248 g/mol. The molecule has 0 bridgehead atoms. The normalized spacial score (nSPS) is 9.90. The van der Waals surface area contributed by atoms with E-state index in [4.69, 9.17) is 4.74 Å². The Balaban J connectivity index is 0.00000172. The van der Waals surface area contributed by atoms with Crippen LogP contribution in [0.3, 0.4) is 0 Å². The van der Waals surface area contributed by atoms with Gasteiger partial charge in [-0.15, -0.1) is 0 Å². The van der Waals surface area contributed by atoms with Crippen LogP contribution in [0.2, 0.25) is 0 Å². The van der Waals surface area contributed by atoms with Crippen LogP contribution in [0.5, 0.6) is 5.75 Å². The second kappa shape index (κ2) is 11.5. The van der Waals surface area contributed by atoms with Crippen molar-refractivity contribution in [1.29, 1.82) is 0 Å². The minimum Gasteiger partial charge on any atom is -0.493 e. The van der Waals surface area contributed by atoms with E-state index in [0.29, 0.717) is 12.3 Å². The molecule has 2 heteroatoms. The van der Waals surface area contributed by atoms with Crippen molar-refractivity contribution in [2.75, 3.05) is 6.61 Å². The van der Waals surface area contributed by atoms with Crippen LogP contribution in [-0.4, -0.2) is 12.4 Å². The standard InChI is InChI=1S/C16H24O2.C2H6/c1-13(2)12-18-16-10-6-9-15(11-16)8-5-4-7-14(3)17;1-2/h6,9-11,13H,4-5,7-8,12H2,1-3H3;1-2H3. The topological polar surface area (TPSA) is 26.3 Å². The number of ether oxygens (including phenoxy) is 1. The maximum Gasteiger partial charge on any atom is 0.129 e. The third-order valence-corrected chi connectivity index (χ3v) is 2.73. The van der Waals surface area contributed by atoms with Gasteiger partial charge in [0.05, 0.1) is 6.61 Å². The molecular formula is C18H30O2. The number of unbranched alkanes of at least 4 members (excludes halogenated alkanes) is 1. The Morgan fingerprint density at radius 3 is 2.50 bits per heavy atom. The SMILES string of the molecule is CC.CC(=O)CCCCc1cccc(OCC(C)C)c1. The Labute approximate surface area is 124 Å². The number of Topliss-reactive ketones (excluding diaryl/α,β-unsaturated/α-hetero) is 1. The first kappa shape index (κ1) is 18.7. The molecule has 0 aliphatic carbocycles. The molecule has 0 fully saturated rings. The second-order valence-electron chi connectivity index (χ2n) is 5.26. The maximum absolute atomic E-state index is 10.8. The molecule has 0 aliphatic heterocycles. The highest BCUT2D eigenvalue weighted by molar-refractivity contribution is 5.75. The fourth-order valence-corrected chi connectivity index (χ4v) is 1.76. The summed E-state index contributed by atoms with van der Waals surface area (Å²) in [4.78, 5) is 10.8. The summed E-state index contributed by atoms with van der Waals surface area (Å²) in [7, 11) is 0. The number of ketones is 1. The van der Waals surface area contributed by atoms with E-state index in [1.165, 1.54) is 5.56 Å². The minimum atomic E-state index is 0.281. The fourth-order valence-electron chi connectivity index (χ4n) is 1.76. The van der Waals surface area contributed by atoms with Gasteiger partial charge in [-0.1, -0.05) is 39.8 Å². The van der Waals surface area contributed by atoms with Crippen LogP contribution in [-0.2, 0) is 11.2 Å². The van der Waals surface area contributed by atoms with Crippen molar-refractivity contribution >= 4 is 5.78 Å². The highest BCUT2D eigenvalue weighted by Gasteiger charge is 2.00. The van der Waals surface area contributed by atoms with Crippen molar-refractivity contribution in [2.45, 2.75) is 60.3 Å². The average molecular weight is 278 g/mol. The van der Waals surface area contributed by atoms with E-state index in [9.17, 15) is 4.79 Å². The molecule has 0 unspecified atom stereocenters. The number of hydrogen-bond acceptors (Lipinski definition) is 2. The van der Waals surface area contributed by atoms with E-state index in [0.717, 1.165) is 31.6 Å². The molecule has 0 radical (unpaired) electrons. The van der Waals surface area contributed by atoms with Gasteiger partial charge in [0.2, 0.25) is 0 Å². The molecule has 0 amide bonds. The lowest BCUT2D eigenvalue weighted by Gasteiger charge is -2.10. The number of rotatable bonds is 8. The Morgan fingerprint density at radius 1 is 1.20 bits per heavy atom. The Morgan fingerprint density at radius 2 is 1.90 bits per heavy atom. The van der Waals surface area contributed by atoms with E-state index in [-0.39, 0.29) is 5.78 Å². The van der Waals surface area contributed by atoms with Crippen molar-refractivity contribution < 1.29 is 9.53 Å². The van der Waals surface area contributed by atoms with Crippen LogP contribution in [0.1, 0.15) is 59.4 Å². The number of carbonyl (C=O) groups excluding carboxylic acids is 1. The van der Waals surface area contributed by atoms with Crippen molar-refractivity contribution in [1.82, 2.24) is 0 Å². The van der Waals surface area contributed by atoms with Crippen molar-refractivity contribution in [3.05, 3.63) is 29.8 Å². The van der Waals surface area contributed by atoms with E-state index in [2.05, 4.69) is 26.0 Å². The monoisotopic (exact) mass is 278 g/mol. The summed E-state index contributed by atoms with van der Waals surface area (Å²) in [6.45, 7) is 10.7.